The Kier molecular flexibility index (Phi) is 6.02. The van der Waals surface area contributed by atoms with Crippen LogP contribution in [0.15, 0.2) is 33.2 Å². The van der Waals surface area contributed by atoms with Crippen molar-refractivity contribution in [3.63, 3.8) is 0 Å². The summed E-state index contributed by atoms with van der Waals surface area (Å²) >= 11 is 0. The third-order valence-electron chi connectivity index (χ3n) is 4.80. The third kappa shape index (κ3) is 4.23. The monoisotopic (exact) mass is 428 g/mol. The van der Waals surface area contributed by atoms with Crippen molar-refractivity contribution < 1.29 is 19.7 Å². The standard InChI is InChI=1S/C18H16N6O7/c1-10-13(8-19)17(25)22(9-12-3-2-6-31-12)18(26)16(10)21-20-14-5-4-11(23(27)28)7-15(14)24(29)30/h4-5,7,12,25H,2-3,6,9H2,1H3. The summed E-state index contributed by atoms with van der Waals surface area (Å²) in [5.74, 6) is -0.527. The van der Waals surface area contributed by atoms with Crippen molar-refractivity contribution in [2.45, 2.75) is 32.4 Å². The van der Waals surface area contributed by atoms with Crippen molar-refractivity contribution in [2.24, 2.45) is 10.2 Å². The smallest absolute Gasteiger partial charge is 0.303 e. The summed E-state index contributed by atoms with van der Waals surface area (Å²) in [6.07, 6.45) is 1.15. The average molecular weight is 428 g/mol. The van der Waals surface area contributed by atoms with E-state index in [1.165, 1.54) is 6.92 Å². The van der Waals surface area contributed by atoms with Crippen LogP contribution in [0.3, 0.4) is 0 Å². The molecule has 0 amide bonds. The quantitative estimate of drug-likeness (QED) is 0.412. The highest BCUT2D eigenvalue weighted by Crippen LogP contribution is 2.33. The van der Waals surface area contributed by atoms with Crippen LogP contribution in [0.1, 0.15) is 24.0 Å². The first-order valence-electron chi connectivity index (χ1n) is 9.07. The number of nitriles is 1. The van der Waals surface area contributed by atoms with Crippen LogP contribution in [0.25, 0.3) is 0 Å². The Morgan fingerprint density at radius 2 is 2.06 bits per heavy atom. The molecule has 1 aromatic heterocycles. The number of aromatic nitrogens is 1. The van der Waals surface area contributed by atoms with Gasteiger partial charge in [-0.2, -0.15) is 5.26 Å². The van der Waals surface area contributed by atoms with Crippen LogP contribution in [0, 0.1) is 38.5 Å². The number of azo groups is 1. The highest BCUT2D eigenvalue weighted by molar-refractivity contribution is 5.62. The van der Waals surface area contributed by atoms with Gasteiger partial charge in [0, 0.05) is 18.2 Å². The number of nitrogens with zero attached hydrogens (tertiary/aromatic N) is 6. The molecule has 31 heavy (non-hydrogen) atoms. The molecule has 1 N–H and O–H groups in total. The Morgan fingerprint density at radius 1 is 1.32 bits per heavy atom. The van der Waals surface area contributed by atoms with Crippen molar-refractivity contribution in [3.05, 3.63) is 59.9 Å². The third-order valence-corrected chi connectivity index (χ3v) is 4.80. The molecule has 13 heteroatoms. The largest absolute Gasteiger partial charge is 0.493 e. The fourth-order valence-corrected chi connectivity index (χ4v) is 3.18. The second-order valence-corrected chi connectivity index (χ2v) is 6.72. The van der Waals surface area contributed by atoms with Gasteiger partial charge in [-0.15, -0.1) is 10.2 Å². The number of non-ortho nitro benzene ring substituents is 1. The summed E-state index contributed by atoms with van der Waals surface area (Å²) in [6.45, 7) is 1.90. The molecule has 3 rings (SSSR count). The molecule has 1 saturated heterocycles. The van der Waals surface area contributed by atoms with Gasteiger partial charge in [0.25, 0.3) is 11.2 Å². The van der Waals surface area contributed by atoms with E-state index in [0.717, 1.165) is 29.2 Å². The van der Waals surface area contributed by atoms with Gasteiger partial charge >= 0.3 is 5.69 Å². The first-order chi connectivity index (χ1) is 14.7. The first kappa shape index (κ1) is 21.5. The molecular formula is C18H16N6O7. The number of rotatable bonds is 6. The van der Waals surface area contributed by atoms with Crippen LogP contribution in [-0.2, 0) is 11.3 Å². The van der Waals surface area contributed by atoms with E-state index in [1.54, 1.807) is 0 Å². The predicted octanol–water partition coefficient (Wildman–Crippen LogP) is 3.14. The van der Waals surface area contributed by atoms with Crippen molar-refractivity contribution in [1.82, 2.24) is 4.57 Å². The zero-order valence-electron chi connectivity index (χ0n) is 16.2. The first-order valence-corrected chi connectivity index (χ1v) is 9.07. The van der Waals surface area contributed by atoms with E-state index in [4.69, 9.17) is 4.74 Å². The van der Waals surface area contributed by atoms with Gasteiger partial charge in [0.1, 0.15) is 11.6 Å². The van der Waals surface area contributed by atoms with E-state index in [1.807, 2.05) is 6.07 Å². The molecule has 1 unspecified atom stereocenters. The van der Waals surface area contributed by atoms with Gasteiger partial charge < -0.3 is 9.84 Å². The SMILES string of the molecule is Cc1c(C#N)c(O)n(CC2CCCO2)c(=O)c1N=Nc1ccc([N+](=O)[O-])cc1[N+](=O)[O-]. The molecule has 1 aliphatic rings. The van der Waals surface area contributed by atoms with Crippen LogP contribution < -0.4 is 5.56 Å². The van der Waals surface area contributed by atoms with Crippen LogP contribution >= 0.6 is 0 Å². The molecule has 1 aliphatic heterocycles. The number of nitro benzene ring substituents is 2. The summed E-state index contributed by atoms with van der Waals surface area (Å²) < 4.78 is 6.43. The molecule has 2 heterocycles. The highest BCUT2D eigenvalue weighted by Gasteiger charge is 2.24. The molecule has 0 spiro atoms. The minimum absolute atomic E-state index is 0.000172. The van der Waals surface area contributed by atoms with E-state index in [2.05, 4.69) is 10.2 Å². The molecule has 1 aromatic carbocycles. The Labute approximate surface area is 174 Å². The number of ether oxygens (including phenoxy) is 1. The Bertz CT molecular complexity index is 1190. The molecule has 13 nitrogen and oxygen atoms in total. The number of hydrogen-bond acceptors (Lipinski definition) is 10. The average Bonchev–Trinajstić information content (AvgIpc) is 3.24. The van der Waals surface area contributed by atoms with Gasteiger partial charge in [0.05, 0.1) is 28.6 Å². The van der Waals surface area contributed by atoms with Crippen LogP contribution in [-0.4, -0.2) is 32.2 Å². The second kappa shape index (κ2) is 8.67. The number of aromatic hydroxyl groups is 1. The molecular weight excluding hydrogens is 412 g/mol. The number of benzene rings is 1. The molecule has 0 bridgehead atoms. The fourth-order valence-electron chi connectivity index (χ4n) is 3.18. The van der Waals surface area contributed by atoms with Crippen molar-refractivity contribution >= 4 is 22.7 Å². The van der Waals surface area contributed by atoms with Gasteiger partial charge in [-0.05, 0) is 25.8 Å². The topological polar surface area (TPSA) is 186 Å². The lowest BCUT2D eigenvalue weighted by atomic mass is 10.1. The maximum Gasteiger partial charge on any atom is 0.303 e. The molecule has 0 aliphatic carbocycles. The van der Waals surface area contributed by atoms with E-state index in [9.17, 15) is 35.4 Å². The van der Waals surface area contributed by atoms with Crippen molar-refractivity contribution in [3.8, 4) is 11.9 Å². The zero-order chi connectivity index (χ0) is 22.7. The van der Waals surface area contributed by atoms with Gasteiger partial charge in [-0.1, -0.05) is 0 Å². The molecule has 0 radical (unpaired) electrons. The number of pyridine rings is 1. The molecule has 1 fully saturated rings. The minimum Gasteiger partial charge on any atom is -0.493 e. The Hall–Kier alpha value is -4.18. The lowest BCUT2D eigenvalue weighted by Crippen LogP contribution is -2.27. The van der Waals surface area contributed by atoms with Crippen LogP contribution in [0.4, 0.5) is 22.7 Å². The Balaban J connectivity index is 2.10. The molecule has 160 valence electrons. The summed E-state index contributed by atoms with van der Waals surface area (Å²) in [4.78, 5) is 33.4. The molecule has 0 saturated carbocycles. The van der Waals surface area contributed by atoms with E-state index in [0.29, 0.717) is 13.0 Å². The number of nitro groups is 2. The van der Waals surface area contributed by atoms with Gasteiger partial charge in [0.15, 0.2) is 11.4 Å². The summed E-state index contributed by atoms with van der Waals surface area (Å²) in [5.41, 5.74) is -2.68. The molecule has 2 aromatic rings. The van der Waals surface area contributed by atoms with Crippen molar-refractivity contribution in [2.75, 3.05) is 6.61 Å². The maximum atomic E-state index is 12.9. The van der Waals surface area contributed by atoms with Crippen LogP contribution in [0.5, 0.6) is 5.88 Å². The van der Waals surface area contributed by atoms with Crippen LogP contribution in [0.2, 0.25) is 0 Å². The predicted molar refractivity (Wildman–Crippen MR) is 105 cm³/mol. The fraction of sp³-hybridized carbons (Fsp3) is 0.333. The van der Waals surface area contributed by atoms with Gasteiger partial charge in [-0.3, -0.25) is 29.6 Å². The Morgan fingerprint density at radius 3 is 2.65 bits per heavy atom. The lowest BCUT2D eigenvalue weighted by Gasteiger charge is -2.16. The maximum absolute atomic E-state index is 12.9. The summed E-state index contributed by atoms with van der Waals surface area (Å²) in [5, 5.41) is 49.4. The normalized spacial score (nSPS) is 15.8. The zero-order valence-corrected chi connectivity index (χ0v) is 16.2. The van der Waals surface area contributed by atoms with E-state index >= 15 is 0 Å². The number of hydrogen-bond donors (Lipinski definition) is 1. The highest BCUT2D eigenvalue weighted by atomic mass is 16.6. The molecule has 1 atom stereocenters. The van der Waals surface area contributed by atoms with Gasteiger partial charge in [0.2, 0.25) is 5.88 Å². The van der Waals surface area contributed by atoms with Crippen molar-refractivity contribution in [1.29, 1.82) is 5.26 Å². The van der Waals surface area contributed by atoms with E-state index in [-0.39, 0.29) is 35.2 Å². The van der Waals surface area contributed by atoms with Gasteiger partial charge in [-0.25, -0.2) is 0 Å². The summed E-state index contributed by atoms with van der Waals surface area (Å²) in [7, 11) is 0. The second-order valence-electron chi connectivity index (χ2n) is 6.72. The lowest BCUT2D eigenvalue weighted by molar-refractivity contribution is -0.393. The minimum atomic E-state index is -0.860. The summed E-state index contributed by atoms with van der Waals surface area (Å²) in [6, 6.07) is 4.59. The van der Waals surface area contributed by atoms with E-state index < -0.39 is 32.7 Å².